The number of aromatic nitrogens is 1. The summed E-state index contributed by atoms with van der Waals surface area (Å²) in [5.41, 5.74) is 6.48. The first kappa shape index (κ1) is 19.7. The first-order valence-corrected chi connectivity index (χ1v) is 10.7. The largest absolute Gasteiger partial charge is 0.452 e. The Morgan fingerprint density at radius 2 is 1.86 bits per heavy atom. The number of nitrogens with zero attached hydrogens (tertiary/aromatic N) is 1. The van der Waals surface area contributed by atoms with Crippen LogP contribution < -0.4 is 5.32 Å². The highest BCUT2D eigenvalue weighted by Gasteiger charge is 2.29. The van der Waals surface area contributed by atoms with Gasteiger partial charge in [0.25, 0.3) is 5.91 Å². The third kappa shape index (κ3) is 4.24. The van der Waals surface area contributed by atoms with Gasteiger partial charge in [-0.05, 0) is 82.1 Å². The van der Waals surface area contributed by atoms with E-state index in [0.717, 1.165) is 42.6 Å². The van der Waals surface area contributed by atoms with Crippen molar-refractivity contribution in [2.45, 2.75) is 71.4 Å². The van der Waals surface area contributed by atoms with Gasteiger partial charge in [0.2, 0.25) is 0 Å². The van der Waals surface area contributed by atoms with Crippen LogP contribution in [0.5, 0.6) is 0 Å². The monoisotopic (exact) mass is 394 g/mol. The van der Waals surface area contributed by atoms with E-state index < -0.39 is 5.97 Å². The van der Waals surface area contributed by atoms with Crippen LogP contribution in [0.3, 0.4) is 0 Å². The lowest BCUT2D eigenvalue weighted by atomic mass is 9.89. The predicted molar refractivity (Wildman–Crippen MR) is 112 cm³/mol. The molecule has 0 spiro atoms. The van der Waals surface area contributed by atoms with Crippen LogP contribution in [-0.4, -0.2) is 23.1 Å². The summed E-state index contributed by atoms with van der Waals surface area (Å²) in [6.07, 6.45) is 7.07. The number of fused-ring (bicyclic) bond motifs is 1. The van der Waals surface area contributed by atoms with E-state index in [-0.39, 0.29) is 18.6 Å². The van der Waals surface area contributed by atoms with Gasteiger partial charge in [-0.25, -0.2) is 4.79 Å². The van der Waals surface area contributed by atoms with Gasteiger partial charge in [0, 0.05) is 17.4 Å². The number of carbonyl (C=O) groups excluding carboxylic acids is 2. The van der Waals surface area contributed by atoms with Crippen molar-refractivity contribution < 1.29 is 14.3 Å². The van der Waals surface area contributed by atoms with Crippen molar-refractivity contribution in [3.8, 4) is 0 Å². The quantitative estimate of drug-likeness (QED) is 0.741. The summed E-state index contributed by atoms with van der Waals surface area (Å²) in [6.45, 7) is 5.66. The van der Waals surface area contributed by atoms with Crippen molar-refractivity contribution in [3.63, 3.8) is 0 Å². The summed E-state index contributed by atoms with van der Waals surface area (Å²) in [5, 5.41) is 2.95. The number of aryl methyl sites for hydroxylation is 3. The Morgan fingerprint density at radius 1 is 1.14 bits per heavy atom. The average Bonchev–Trinajstić information content (AvgIpc) is 3.50. The second kappa shape index (κ2) is 8.05. The first-order chi connectivity index (χ1) is 13.9. The summed E-state index contributed by atoms with van der Waals surface area (Å²) in [6, 6.07) is 8.74. The van der Waals surface area contributed by atoms with Gasteiger partial charge in [0.15, 0.2) is 6.61 Å². The second-order valence-corrected chi connectivity index (χ2v) is 8.49. The predicted octanol–water partition coefficient (Wildman–Crippen LogP) is 4.35. The zero-order chi connectivity index (χ0) is 20.5. The van der Waals surface area contributed by atoms with Gasteiger partial charge >= 0.3 is 5.97 Å². The molecule has 1 N–H and O–H groups in total. The Bertz CT molecular complexity index is 940. The fraction of sp³-hybridized carbons (Fsp3) is 0.500. The Morgan fingerprint density at radius 3 is 2.59 bits per heavy atom. The third-order valence-corrected chi connectivity index (χ3v) is 6.20. The molecule has 2 aromatic rings. The molecule has 1 heterocycles. The number of benzene rings is 1. The first-order valence-electron chi connectivity index (χ1n) is 10.7. The van der Waals surface area contributed by atoms with Crippen molar-refractivity contribution in [3.05, 3.63) is 57.9 Å². The molecule has 0 saturated heterocycles. The fourth-order valence-electron chi connectivity index (χ4n) is 4.48. The van der Waals surface area contributed by atoms with Crippen molar-refractivity contribution in [2.24, 2.45) is 0 Å². The molecule has 1 saturated carbocycles. The van der Waals surface area contributed by atoms with Gasteiger partial charge in [-0.1, -0.05) is 18.2 Å². The van der Waals surface area contributed by atoms with Gasteiger partial charge < -0.3 is 14.6 Å². The fourth-order valence-corrected chi connectivity index (χ4v) is 4.48. The maximum absolute atomic E-state index is 12.5. The molecule has 5 nitrogen and oxygen atoms in total. The molecule has 4 rings (SSSR count). The van der Waals surface area contributed by atoms with E-state index in [0.29, 0.717) is 11.6 Å². The van der Waals surface area contributed by atoms with Crippen LogP contribution in [0.4, 0.5) is 0 Å². The maximum atomic E-state index is 12.5. The molecular weight excluding hydrogens is 364 g/mol. The molecule has 1 fully saturated rings. The van der Waals surface area contributed by atoms with Crippen LogP contribution in [0.15, 0.2) is 24.3 Å². The average molecular weight is 395 g/mol. The van der Waals surface area contributed by atoms with E-state index in [1.165, 1.54) is 24.0 Å². The molecule has 1 unspecified atom stereocenters. The minimum atomic E-state index is -0.429. The Balaban J connectivity index is 1.33. The van der Waals surface area contributed by atoms with Crippen LogP contribution in [-0.2, 0) is 22.4 Å². The van der Waals surface area contributed by atoms with Crippen molar-refractivity contribution in [1.29, 1.82) is 0 Å². The Kier molecular flexibility index (Phi) is 5.48. The Hall–Kier alpha value is -2.56. The molecule has 0 aliphatic heterocycles. The number of carbonyl (C=O) groups is 2. The van der Waals surface area contributed by atoms with Crippen molar-refractivity contribution >= 4 is 11.9 Å². The standard InChI is InChI=1S/C24H30N2O3/c1-15-12-22(17(3)26(15)21-10-11-21)24(28)29-14-23(27)25-16(2)19-9-8-18-6-4-5-7-20(18)13-19/h8-9,12-13,16,21H,4-7,10-11,14H2,1-3H3,(H,25,27). The van der Waals surface area contributed by atoms with Gasteiger partial charge in [-0.15, -0.1) is 0 Å². The van der Waals surface area contributed by atoms with Crippen molar-refractivity contribution in [1.82, 2.24) is 9.88 Å². The van der Waals surface area contributed by atoms with E-state index in [9.17, 15) is 9.59 Å². The molecule has 29 heavy (non-hydrogen) atoms. The van der Waals surface area contributed by atoms with Crippen LogP contribution in [0.1, 0.15) is 83.1 Å². The molecule has 5 heteroatoms. The normalized spacial score (nSPS) is 16.8. The molecule has 1 atom stereocenters. The van der Waals surface area contributed by atoms with Crippen molar-refractivity contribution in [2.75, 3.05) is 6.61 Å². The molecule has 1 aromatic carbocycles. The summed E-state index contributed by atoms with van der Waals surface area (Å²) < 4.78 is 7.51. The van der Waals surface area contributed by atoms with Crippen LogP contribution in [0, 0.1) is 13.8 Å². The number of amides is 1. The number of rotatable bonds is 6. The molecule has 2 aliphatic rings. The minimum absolute atomic E-state index is 0.117. The zero-order valence-electron chi connectivity index (χ0n) is 17.6. The third-order valence-electron chi connectivity index (χ3n) is 6.20. The van der Waals surface area contributed by atoms with Gasteiger partial charge in [0.05, 0.1) is 11.6 Å². The summed E-state index contributed by atoms with van der Waals surface area (Å²) in [7, 11) is 0. The molecular formula is C24H30N2O3. The number of nitrogens with one attached hydrogen (secondary N) is 1. The molecule has 154 valence electrons. The van der Waals surface area contributed by atoms with Crippen LogP contribution >= 0.6 is 0 Å². The Labute approximate surface area is 172 Å². The van der Waals surface area contributed by atoms with Gasteiger partial charge in [0.1, 0.15) is 0 Å². The highest BCUT2D eigenvalue weighted by atomic mass is 16.5. The topological polar surface area (TPSA) is 60.3 Å². The minimum Gasteiger partial charge on any atom is -0.452 e. The zero-order valence-corrected chi connectivity index (χ0v) is 17.6. The smallest absolute Gasteiger partial charge is 0.340 e. The van der Waals surface area contributed by atoms with Crippen LogP contribution in [0.25, 0.3) is 0 Å². The maximum Gasteiger partial charge on any atom is 0.340 e. The molecule has 1 amide bonds. The number of hydrogen-bond donors (Lipinski definition) is 1. The second-order valence-electron chi connectivity index (χ2n) is 8.49. The van der Waals surface area contributed by atoms with E-state index in [1.54, 1.807) is 0 Å². The van der Waals surface area contributed by atoms with Gasteiger partial charge in [-0.2, -0.15) is 0 Å². The van der Waals surface area contributed by atoms with E-state index in [1.807, 2.05) is 26.8 Å². The summed E-state index contributed by atoms with van der Waals surface area (Å²) in [4.78, 5) is 24.8. The van der Waals surface area contributed by atoms with E-state index >= 15 is 0 Å². The lowest BCUT2D eigenvalue weighted by Crippen LogP contribution is -2.31. The molecule has 2 aliphatic carbocycles. The van der Waals surface area contributed by atoms with E-state index in [2.05, 4.69) is 28.1 Å². The summed E-state index contributed by atoms with van der Waals surface area (Å²) >= 11 is 0. The van der Waals surface area contributed by atoms with Crippen LogP contribution in [0.2, 0.25) is 0 Å². The lowest BCUT2D eigenvalue weighted by molar-refractivity contribution is -0.124. The highest BCUT2D eigenvalue weighted by Crippen LogP contribution is 2.38. The van der Waals surface area contributed by atoms with Gasteiger partial charge in [-0.3, -0.25) is 4.79 Å². The summed E-state index contributed by atoms with van der Waals surface area (Å²) in [5.74, 6) is -0.707. The number of hydrogen-bond acceptors (Lipinski definition) is 3. The molecule has 0 radical (unpaired) electrons. The highest BCUT2D eigenvalue weighted by molar-refractivity contribution is 5.92. The number of esters is 1. The SMILES string of the molecule is Cc1cc(C(=O)OCC(=O)NC(C)c2ccc3c(c2)CCCC3)c(C)n1C1CC1. The molecule has 1 aromatic heterocycles. The number of ether oxygens (including phenoxy) is 1. The van der Waals surface area contributed by atoms with E-state index in [4.69, 9.17) is 4.74 Å². The molecule has 0 bridgehead atoms. The lowest BCUT2D eigenvalue weighted by Gasteiger charge is -2.20.